The van der Waals surface area contributed by atoms with Crippen LogP contribution in [0.1, 0.15) is 107 Å². The van der Waals surface area contributed by atoms with Gasteiger partial charge >= 0.3 is 5.97 Å². The molecule has 0 bridgehead atoms. The molecule has 3 nitrogen and oxygen atoms in total. The quantitative estimate of drug-likeness (QED) is 0.0962. The monoisotopic (exact) mass is 514 g/mol. The van der Waals surface area contributed by atoms with E-state index in [-0.39, 0.29) is 5.97 Å². The summed E-state index contributed by atoms with van der Waals surface area (Å²) in [6.07, 6.45) is 16.5. The van der Waals surface area contributed by atoms with Crippen LogP contribution >= 0.6 is 0 Å². The van der Waals surface area contributed by atoms with Crippen LogP contribution in [0.5, 0.6) is 11.5 Å². The number of unbranched alkanes of at least 4 members (excludes halogenated alkanes) is 10. The highest BCUT2D eigenvalue weighted by Crippen LogP contribution is 2.23. The van der Waals surface area contributed by atoms with E-state index in [4.69, 9.17) is 9.47 Å². The molecule has 0 aliphatic rings. The van der Waals surface area contributed by atoms with Crippen molar-refractivity contribution in [1.82, 2.24) is 0 Å². The van der Waals surface area contributed by atoms with E-state index in [9.17, 15) is 4.79 Å². The van der Waals surface area contributed by atoms with Crippen molar-refractivity contribution in [3.63, 3.8) is 0 Å². The Labute approximate surface area is 230 Å². The maximum Gasteiger partial charge on any atom is 0.343 e. The lowest BCUT2D eigenvalue weighted by Gasteiger charge is -2.09. The first-order valence-corrected chi connectivity index (χ1v) is 14.8. The van der Waals surface area contributed by atoms with Gasteiger partial charge in [-0.2, -0.15) is 0 Å². The Morgan fingerprint density at radius 2 is 1.05 bits per heavy atom. The molecule has 0 saturated carbocycles. The Hall–Kier alpha value is -3.07. The molecule has 0 saturated heterocycles. The van der Waals surface area contributed by atoms with Crippen LogP contribution in [-0.4, -0.2) is 12.6 Å². The maximum atomic E-state index is 12.6. The molecule has 38 heavy (non-hydrogen) atoms. The molecule has 0 heterocycles. The minimum atomic E-state index is -0.355. The predicted octanol–water partition coefficient (Wildman–Crippen LogP) is 10.2. The number of carbonyl (C=O) groups is 1. The summed E-state index contributed by atoms with van der Waals surface area (Å²) in [6.45, 7) is 5.21. The van der Waals surface area contributed by atoms with Crippen LogP contribution in [0.25, 0.3) is 11.1 Å². The summed E-state index contributed by atoms with van der Waals surface area (Å²) in [5.74, 6) is 0.972. The van der Waals surface area contributed by atoms with Crippen molar-refractivity contribution in [2.75, 3.05) is 6.61 Å². The third kappa shape index (κ3) is 10.7. The first-order valence-electron chi connectivity index (χ1n) is 14.8. The normalized spacial score (nSPS) is 10.9. The molecule has 0 radical (unpaired) electrons. The smallest absolute Gasteiger partial charge is 0.343 e. The van der Waals surface area contributed by atoms with Gasteiger partial charge in [0.15, 0.2) is 0 Å². The summed E-state index contributed by atoms with van der Waals surface area (Å²) in [4.78, 5) is 12.6. The molecule has 3 aromatic rings. The summed E-state index contributed by atoms with van der Waals surface area (Å²) >= 11 is 0. The van der Waals surface area contributed by atoms with Gasteiger partial charge in [-0.1, -0.05) is 114 Å². The van der Waals surface area contributed by atoms with E-state index in [1.165, 1.54) is 76.2 Å². The molecular formula is C35H46O3. The van der Waals surface area contributed by atoms with Gasteiger partial charge in [0, 0.05) is 0 Å². The molecule has 0 aliphatic carbocycles. The molecule has 204 valence electrons. The zero-order valence-electron chi connectivity index (χ0n) is 23.6. The second kappa shape index (κ2) is 17.4. The van der Waals surface area contributed by atoms with E-state index < -0.39 is 0 Å². The van der Waals surface area contributed by atoms with Gasteiger partial charge in [-0.15, -0.1) is 0 Å². The first-order chi connectivity index (χ1) is 18.7. The fourth-order valence-electron chi connectivity index (χ4n) is 4.61. The van der Waals surface area contributed by atoms with Gasteiger partial charge in [0.1, 0.15) is 11.5 Å². The van der Waals surface area contributed by atoms with Crippen molar-refractivity contribution < 1.29 is 14.3 Å². The lowest BCUT2D eigenvalue weighted by Crippen LogP contribution is -2.08. The van der Waals surface area contributed by atoms with Crippen molar-refractivity contribution in [3.05, 3.63) is 83.9 Å². The summed E-state index contributed by atoms with van der Waals surface area (Å²) in [6, 6.07) is 23.7. The van der Waals surface area contributed by atoms with Crippen LogP contribution in [0, 0.1) is 0 Å². The highest BCUT2D eigenvalue weighted by Gasteiger charge is 2.09. The van der Waals surface area contributed by atoms with E-state index in [1.54, 1.807) is 12.1 Å². The van der Waals surface area contributed by atoms with Crippen molar-refractivity contribution in [2.45, 2.75) is 97.3 Å². The van der Waals surface area contributed by atoms with Gasteiger partial charge in [-0.3, -0.25) is 0 Å². The molecule has 3 rings (SSSR count). The summed E-state index contributed by atoms with van der Waals surface area (Å²) in [5.41, 5.74) is 4.19. The largest absolute Gasteiger partial charge is 0.494 e. The second-order valence-corrected chi connectivity index (χ2v) is 10.3. The van der Waals surface area contributed by atoms with Crippen LogP contribution in [0.4, 0.5) is 0 Å². The molecule has 0 fully saturated rings. The third-order valence-electron chi connectivity index (χ3n) is 7.03. The van der Waals surface area contributed by atoms with Gasteiger partial charge in [-0.05, 0) is 72.4 Å². The first kappa shape index (κ1) is 29.5. The molecule has 3 heteroatoms. The summed E-state index contributed by atoms with van der Waals surface area (Å²) in [5, 5.41) is 0. The van der Waals surface area contributed by atoms with Crippen LogP contribution in [0.15, 0.2) is 72.8 Å². The fraction of sp³-hybridized carbons (Fsp3) is 0.457. The van der Waals surface area contributed by atoms with Gasteiger partial charge in [0.25, 0.3) is 0 Å². The number of ether oxygens (including phenoxy) is 2. The number of rotatable bonds is 18. The average molecular weight is 515 g/mol. The number of aryl methyl sites for hydroxylation is 1. The third-order valence-corrected chi connectivity index (χ3v) is 7.03. The molecule has 3 aromatic carbocycles. The van der Waals surface area contributed by atoms with Crippen molar-refractivity contribution in [1.29, 1.82) is 0 Å². The average Bonchev–Trinajstić information content (AvgIpc) is 2.96. The lowest BCUT2D eigenvalue weighted by molar-refractivity contribution is 0.0734. The molecule has 0 amide bonds. The van der Waals surface area contributed by atoms with E-state index in [1.807, 2.05) is 36.4 Å². The second-order valence-electron chi connectivity index (χ2n) is 10.3. The van der Waals surface area contributed by atoms with Gasteiger partial charge < -0.3 is 9.47 Å². The zero-order valence-corrected chi connectivity index (χ0v) is 23.6. The summed E-state index contributed by atoms with van der Waals surface area (Å²) < 4.78 is 11.4. The van der Waals surface area contributed by atoms with Crippen molar-refractivity contribution >= 4 is 5.97 Å². The zero-order chi connectivity index (χ0) is 26.8. The molecule has 0 spiro atoms. The van der Waals surface area contributed by atoms with Crippen molar-refractivity contribution in [2.24, 2.45) is 0 Å². The molecule has 0 atom stereocenters. The van der Waals surface area contributed by atoms with Gasteiger partial charge in [-0.25, -0.2) is 4.79 Å². The summed E-state index contributed by atoms with van der Waals surface area (Å²) in [7, 11) is 0. The SMILES string of the molecule is CCCCCCCCOc1ccc(OC(=O)c2ccc(-c3ccc(CCCCCCCC)cc3)cc2)cc1. The van der Waals surface area contributed by atoms with E-state index >= 15 is 0 Å². The maximum absolute atomic E-state index is 12.6. The number of hydrogen-bond acceptors (Lipinski definition) is 3. The van der Waals surface area contributed by atoms with Crippen LogP contribution in [0.3, 0.4) is 0 Å². The molecule has 0 aliphatic heterocycles. The van der Waals surface area contributed by atoms with E-state index in [2.05, 4.69) is 38.1 Å². The number of benzene rings is 3. The molecule has 0 aromatic heterocycles. The predicted molar refractivity (Wildman–Crippen MR) is 159 cm³/mol. The Morgan fingerprint density at radius 3 is 1.66 bits per heavy atom. The van der Waals surface area contributed by atoms with E-state index in [0.717, 1.165) is 36.3 Å². The Morgan fingerprint density at radius 1 is 0.553 bits per heavy atom. The highest BCUT2D eigenvalue weighted by atomic mass is 16.5. The molecular weight excluding hydrogens is 468 g/mol. The number of esters is 1. The number of hydrogen-bond donors (Lipinski definition) is 0. The molecule has 0 N–H and O–H groups in total. The lowest BCUT2D eigenvalue weighted by atomic mass is 10.00. The topological polar surface area (TPSA) is 35.5 Å². The molecule has 0 unspecified atom stereocenters. The van der Waals surface area contributed by atoms with Crippen LogP contribution < -0.4 is 9.47 Å². The fourth-order valence-corrected chi connectivity index (χ4v) is 4.61. The van der Waals surface area contributed by atoms with Gasteiger partial charge in [0.05, 0.1) is 12.2 Å². The Kier molecular flexibility index (Phi) is 13.5. The minimum absolute atomic E-state index is 0.355. The highest BCUT2D eigenvalue weighted by molar-refractivity contribution is 5.91. The van der Waals surface area contributed by atoms with Crippen LogP contribution in [0.2, 0.25) is 0 Å². The number of carbonyl (C=O) groups excluding carboxylic acids is 1. The van der Waals surface area contributed by atoms with Crippen LogP contribution in [-0.2, 0) is 6.42 Å². The minimum Gasteiger partial charge on any atom is -0.494 e. The van der Waals surface area contributed by atoms with E-state index in [0.29, 0.717) is 11.3 Å². The standard InChI is InChI=1S/C35H46O3/c1-3-5-7-9-11-13-15-29-16-18-30(19-17-29)31-20-22-32(23-21-31)35(36)38-34-26-24-33(25-27-34)37-28-14-12-10-8-6-4-2/h16-27H,3-15,28H2,1-2H3. The Balaban J connectivity index is 1.41. The Bertz CT molecular complexity index is 1040. The van der Waals surface area contributed by atoms with Crippen molar-refractivity contribution in [3.8, 4) is 22.6 Å². The van der Waals surface area contributed by atoms with Gasteiger partial charge in [0.2, 0.25) is 0 Å².